The van der Waals surface area contributed by atoms with Gasteiger partial charge in [0.15, 0.2) is 4.34 Å². The fourth-order valence-corrected chi connectivity index (χ4v) is 2.75. The number of nitriles is 1. The van der Waals surface area contributed by atoms with Gasteiger partial charge in [-0.25, -0.2) is 4.98 Å². The molecule has 16 heavy (non-hydrogen) atoms. The molecule has 0 aliphatic carbocycles. The second-order valence-electron chi connectivity index (χ2n) is 3.28. The molecule has 1 heterocycles. The lowest BCUT2D eigenvalue weighted by Gasteiger charge is -2.08. The quantitative estimate of drug-likeness (QED) is 0.757. The molecule has 4 nitrogen and oxygen atoms in total. The van der Waals surface area contributed by atoms with Crippen LogP contribution in [0.2, 0.25) is 0 Å². The average molecular weight is 256 g/mol. The lowest BCUT2D eigenvalue weighted by molar-refractivity contribution is 0.637. The van der Waals surface area contributed by atoms with Gasteiger partial charge in [-0.05, 0) is 24.5 Å². The van der Waals surface area contributed by atoms with Crippen molar-refractivity contribution in [1.82, 2.24) is 14.7 Å². The molecule has 0 saturated heterocycles. The number of nitrogens with one attached hydrogen (secondary N) is 1. The van der Waals surface area contributed by atoms with Crippen LogP contribution in [0.3, 0.4) is 0 Å². The predicted octanol–water partition coefficient (Wildman–Crippen LogP) is 2.08. The zero-order chi connectivity index (χ0) is 11.8. The molecule has 0 bridgehead atoms. The summed E-state index contributed by atoms with van der Waals surface area (Å²) in [7, 11) is 0. The van der Waals surface area contributed by atoms with Crippen molar-refractivity contribution in [2.24, 2.45) is 0 Å². The summed E-state index contributed by atoms with van der Waals surface area (Å²) in [6, 6.07) is 2.15. The molecule has 0 radical (unpaired) electrons. The first-order valence-electron chi connectivity index (χ1n) is 5.38. The maximum atomic E-state index is 8.92. The number of aryl methyl sites for hydroxylation is 1. The van der Waals surface area contributed by atoms with Crippen LogP contribution in [0.5, 0.6) is 0 Å². The van der Waals surface area contributed by atoms with Crippen LogP contribution in [0.1, 0.15) is 26.1 Å². The van der Waals surface area contributed by atoms with Crippen LogP contribution in [0, 0.1) is 11.3 Å². The summed E-state index contributed by atoms with van der Waals surface area (Å²) in [5, 5.41) is 12.1. The summed E-state index contributed by atoms with van der Waals surface area (Å²) in [6.07, 6.45) is 1.91. The van der Waals surface area contributed by atoms with Crippen LogP contribution >= 0.6 is 23.3 Å². The molecule has 1 rings (SSSR count). The van der Waals surface area contributed by atoms with Gasteiger partial charge in [-0.2, -0.15) is 9.64 Å². The van der Waals surface area contributed by atoms with Gasteiger partial charge in [0.05, 0.1) is 6.07 Å². The summed E-state index contributed by atoms with van der Waals surface area (Å²) >= 11 is 3.01. The summed E-state index contributed by atoms with van der Waals surface area (Å²) in [5.41, 5.74) is 0. The Balaban J connectivity index is 2.34. The fraction of sp³-hybridized carbons (Fsp3) is 0.700. The molecule has 0 spiro atoms. The first-order chi connectivity index (χ1) is 7.80. The predicted molar refractivity (Wildman–Crippen MR) is 67.7 cm³/mol. The minimum absolute atomic E-state index is 0.0982. The summed E-state index contributed by atoms with van der Waals surface area (Å²) in [6.45, 7) is 5.01. The highest BCUT2D eigenvalue weighted by Crippen LogP contribution is 2.20. The maximum Gasteiger partial charge on any atom is 0.170 e. The Hall–Kier alpha value is -0.640. The van der Waals surface area contributed by atoms with Crippen LogP contribution in [0.15, 0.2) is 4.34 Å². The van der Waals surface area contributed by atoms with Gasteiger partial charge in [0, 0.05) is 12.2 Å². The molecule has 0 fully saturated rings. The van der Waals surface area contributed by atoms with Gasteiger partial charge in [0.1, 0.15) is 11.9 Å². The Morgan fingerprint density at radius 3 is 2.94 bits per heavy atom. The van der Waals surface area contributed by atoms with E-state index >= 15 is 0 Å². The number of rotatable bonds is 7. The van der Waals surface area contributed by atoms with E-state index < -0.39 is 0 Å². The molecule has 0 aliphatic heterocycles. The standard InChI is InChI=1S/C10H16N4S2/c1-3-5-12-8(6-11)7-15-10-13-9(4-2)14-16-10/h8,12H,3-5,7H2,1-2H3. The van der Waals surface area contributed by atoms with Crippen molar-refractivity contribution in [3.63, 3.8) is 0 Å². The van der Waals surface area contributed by atoms with Crippen LogP contribution < -0.4 is 5.32 Å². The number of thioether (sulfide) groups is 1. The molecule has 1 unspecified atom stereocenters. The third kappa shape index (κ3) is 4.47. The second kappa shape index (κ2) is 7.60. The number of hydrogen-bond acceptors (Lipinski definition) is 6. The normalized spacial score (nSPS) is 12.3. The van der Waals surface area contributed by atoms with Crippen molar-refractivity contribution < 1.29 is 0 Å². The topological polar surface area (TPSA) is 61.6 Å². The van der Waals surface area contributed by atoms with Gasteiger partial charge in [0.25, 0.3) is 0 Å². The van der Waals surface area contributed by atoms with Crippen LogP contribution in [0.25, 0.3) is 0 Å². The highest BCUT2D eigenvalue weighted by atomic mass is 32.2. The van der Waals surface area contributed by atoms with Gasteiger partial charge in [-0.15, -0.1) is 0 Å². The van der Waals surface area contributed by atoms with Gasteiger partial charge >= 0.3 is 0 Å². The van der Waals surface area contributed by atoms with Crippen LogP contribution in [-0.4, -0.2) is 27.7 Å². The highest BCUT2D eigenvalue weighted by Gasteiger charge is 2.09. The zero-order valence-corrected chi connectivity index (χ0v) is 11.2. The molecular weight excluding hydrogens is 240 g/mol. The lowest BCUT2D eigenvalue weighted by atomic mass is 10.3. The largest absolute Gasteiger partial charge is 0.301 e. The van der Waals surface area contributed by atoms with Gasteiger partial charge in [-0.1, -0.05) is 25.6 Å². The summed E-state index contributed by atoms with van der Waals surface area (Å²) in [5.74, 6) is 1.62. The van der Waals surface area contributed by atoms with Crippen molar-refractivity contribution in [3.8, 4) is 6.07 Å². The zero-order valence-electron chi connectivity index (χ0n) is 9.56. The first-order valence-corrected chi connectivity index (χ1v) is 7.14. The average Bonchev–Trinajstić information content (AvgIpc) is 2.77. The van der Waals surface area contributed by atoms with E-state index in [1.165, 1.54) is 11.5 Å². The van der Waals surface area contributed by atoms with Crippen molar-refractivity contribution in [1.29, 1.82) is 5.26 Å². The van der Waals surface area contributed by atoms with E-state index in [0.29, 0.717) is 0 Å². The van der Waals surface area contributed by atoms with E-state index in [0.717, 1.165) is 35.3 Å². The molecule has 1 N–H and O–H groups in total. The smallest absolute Gasteiger partial charge is 0.170 e. The third-order valence-electron chi connectivity index (χ3n) is 1.94. The summed E-state index contributed by atoms with van der Waals surface area (Å²) < 4.78 is 5.16. The molecule has 0 aromatic carbocycles. The number of aromatic nitrogens is 2. The number of hydrogen-bond donors (Lipinski definition) is 1. The van der Waals surface area contributed by atoms with E-state index in [2.05, 4.69) is 27.7 Å². The molecule has 1 aromatic rings. The van der Waals surface area contributed by atoms with E-state index in [1.807, 2.05) is 6.92 Å². The lowest BCUT2D eigenvalue weighted by Crippen LogP contribution is -2.30. The van der Waals surface area contributed by atoms with Crippen molar-refractivity contribution in [3.05, 3.63) is 5.82 Å². The SMILES string of the molecule is CCCNC(C#N)CSc1nc(CC)ns1. The summed E-state index contributed by atoms with van der Waals surface area (Å²) in [4.78, 5) is 4.35. The van der Waals surface area contributed by atoms with Crippen LogP contribution in [0.4, 0.5) is 0 Å². The Bertz CT molecular complexity index is 345. The Morgan fingerprint density at radius 2 is 2.38 bits per heavy atom. The molecular formula is C10H16N4S2. The molecule has 0 aliphatic rings. The molecule has 6 heteroatoms. The molecule has 1 atom stereocenters. The minimum atomic E-state index is -0.0982. The van der Waals surface area contributed by atoms with E-state index in [4.69, 9.17) is 5.26 Å². The van der Waals surface area contributed by atoms with Crippen molar-refractivity contribution in [2.45, 2.75) is 37.1 Å². The Morgan fingerprint density at radius 1 is 1.56 bits per heavy atom. The molecule has 1 aromatic heterocycles. The molecule has 88 valence electrons. The Labute approximate surface area is 105 Å². The molecule has 0 saturated carbocycles. The van der Waals surface area contributed by atoms with Crippen molar-refractivity contribution >= 4 is 23.3 Å². The highest BCUT2D eigenvalue weighted by molar-refractivity contribution is 8.00. The monoisotopic (exact) mass is 256 g/mol. The second-order valence-corrected chi connectivity index (χ2v) is 5.30. The fourth-order valence-electron chi connectivity index (χ4n) is 1.06. The minimum Gasteiger partial charge on any atom is -0.301 e. The van der Waals surface area contributed by atoms with E-state index in [9.17, 15) is 0 Å². The van der Waals surface area contributed by atoms with Gasteiger partial charge < -0.3 is 5.32 Å². The third-order valence-corrected chi connectivity index (χ3v) is 3.90. The van der Waals surface area contributed by atoms with Crippen LogP contribution in [-0.2, 0) is 6.42 Å². The molecule has 0 amide bonds. The maximum absolute atomic E-state index is 8.92. The Kier molecular flexibility index (Phi) is 6.38. The van der Waals surface area contributed by atoms with Gasteiger partial charge in [0.2, 0.25) is 0 Å². The van der Waals surface area contributed by atoms with E-state index in [-0.39, 0.29) is 6.04 Å². The van der Waals surface area contributed by atoms with E-state index in [1.54, 1.807) is 11.8 Å². The van der Waals surface area contributed by atoms with Gasteiger partial charge in [-0.3, -0.25) is 0 Å². The number of nitrogens with zero attached hydrogens (tertiary/aromatic N) is 3. The van der Waals surface area contributed by atoms with Crippen molar-refractivity contribution in [2.75, 3.05) is 12.3 Å². The first kappa shape index (κ1) is 13.4.